The molecule has 0 atom stereocenters. The predicted octanol–water partition coefficient (Wildman–Crippen LogP) is 2.92. The van der Waals surface area contributed by atoms with Crippen LogP contribution in [-0.2, 0) is 10.0 Å². The molecule has 0 unspecified atom stereocenters. The maximum Gasteiger partial charge on any atom is 0.264 e. The summed E-state index contributed by atoms with van der Waals surface area (Å²) in [6.07, 6.45) is 0. The van der Waals surface area contributed by atoms with E-state index in [1.165, 1.54) is 4.31 Å². The molecule has 0 radical (unpaired) electrons. The van der Waals surface area contributed by atoms with Crippen molar-refractivity contribution < 1.29 is 8.42 Å². The van der Waals surface area contributed by atoms with Crippen LogP contribution in [0.15, 0.2) is 47.4 Å². The van der Waals surface area contributed by atoms with Gasteiger partial charge in [0.15, 0.2) is 0 Å². The molecule has 1 aliphatic rings. The summed E-state index contributed by atoms with van der Waals surface area (Å²) in [5.41, 5.74) is 3.65. The van der Waals surface area contributed by atoms with Crippen molar-refractivity contribution in [1.82, 2.24) is 0 Å². The average molecular weight is 302 g/mol. The zero-order valence-electron chi connectivity index (χ0n) is 12.1. The summed E-state index contributed by atoms with van der Waals surface area (Å²) in [7, 11) is -3.52. The second kappa shape index (κ2) is 5.07. The third-order valence-corrected chi connectivity index (χ3v) is 5.68. The lowest BCUT2D eigenvalue weighted by Gasteiger charge is -2.31. The van der Waals surface area contributed by atoms with E-state index in [9.17, 15) is 8.42 Å². The first kappa shape index (κ1) is 13.9. The lowest BCUT2D eigenvalue weighted by atomic mass is 10.1. The van der Waals surface area contributed by atoms with Crippen LogP contribution in [0.4, 0.5) is 11.4 Å². The van der Waals surface area contributed by atoms with Crippen molar-refractivity contribution in [3.63, 3.8) is 0 Å². The van der Waals surface area contributed by atoms with E-state index in [-0.39, 0.29) is 0 Å². The molecule has 1 heterocycles. The number of anilines is 2. The molecule has 0 fully saturated rings. The first-order chi connectivity index (χ1) is 10.00. The van der Waals surface area contributed by atoms with Gasteiger partial charge in [0.25, 0.3) is 10.0 Å². The van der Waals surface area contributed by atoms with E-state index in [1.807, 2.05) is 44.2 Å². The Kier molecular flexibility index (Phi) is 3.37. The normalized spacial score (nSPS) is 14.5. The highest BCUT2D eigenvalue weighted by molar-refractivity contribution is 7.92. The second-order valence-electron chi connectivity index (χ2n) is 5.27. The molecule has 0 saturated heterocycles. The Morgan fingerprint density at radius 2 is 1.81 bits per heavy atom. The summed E-state index contributed by atoms with van der Waals surface area (Å²) in [6.45, 7) is 4.96. The van der Waals surface area contributed by atoms with Crippen LogP contribution in [0.25, 0.3) is 0 Å². The number of rotatable bonds is 2. The lowest BCUT2D eigenvalue weighted by Crippen LogP contribution is -2.38. The molecule has 5 heteroatoms. The summed E-state index contributed by atoms with van der Waals surface area (Å²) in [5, 5.41) is 3.23. The Bertz CT molecular complexity index is 785. The van der Waals surface area contributed by atoms with Gasteiger partial charge in [0, 0.05) is 6.54 Å². The molecular weight excluding hydrogens is 284 g/mol. The molecule has 0 aromatic heterocycles. The van der Waals surface area contributed by atoms with Gasteiger partial charge >= 0.3 is 0 Å². The Balaban J connectivity index is 2.09. The SMILES string of the molecule is Cc1ccc(S(=O)(=O)N2CCNc3ccccc32)cc1C. The zero-order valence-corrected chi connectivity index (χ0v) is 12.9. The van der Waals surface area contributed by atoms with Gasteiger partial charge in [0.1, 0.15) is 0 Å². The van der Waals surface area contributed by atoms with E-state index >= 15 is 0 Å². The van der Waals surface area contributed by atoms with Crippen molar-refractivity contribution in [2.75, 3.05) is 22.7 Å². The highest BCUT2D eigenvalue weighted by Crippen LogP contribution is 2.33. The molecule has 4 nitrogen and oxygen atoms in total. The molecule has 0 aliphatic carbocycles. The Morgan fingerprint density at radius 3 is 2.57 bits per heavy atom. The monoisotopic (exact) mass is 302 g/mol. The average Bonchev–Trinajstić information content (AvgIpc) is 2.49. The van der Waals surface area contributed by atoms with E-state index in [4.69, 9.17) is 0 Å². The number of nitrogens with one attached hydrogen (secondary N) is 1. The van der Waals surface area contributed by atoms with Crippen molar-refractivity contribution in [1.29, 1.82) is 0 Å². The summed E-state index contributed by atoms with van der Waals surface area (Å²) in [4.78, 5) is 0.349. The van der Waals surface area contributed by atoms with E-state index in [0.717, 1.165) is 16.8 Å². The van der Waals surface area contributed by atoms with Gasteiger partial charge in [-0.3, -0.25) is 4.31 Å². The standard InChI is InChI=1S/C16H18N2O2S/c1-12-7-8-14(11-13(12)2)21(19,20)18-10-9-17-15-5-3-4-6-16(15)18/h3-8,11,17H,9-10H2,1-2H3. The number of sulfonamides is 1. The molecule has 0 bridgehead atoms. The van der Waals surface area contributed by atoms with Gasteiger partial charge in [0.05, 0.1) is 22.8 Å². The minimum absolute atomic E-state index is 0.349. The number of benzene rings is 2. The van der Waals surface area contributed by atoms with Crippen LogP contribution in [0.5, 0.6) is 0 Å². The molecule has 110 valence electrons. The van der Waals surface area contributed by atoms with Crippen LogP contribution >= 0.6 is 0 Å². The first-order valence-electron chi connectivity index (χ1n) is 6.93. The zero-order chi connectivity index (χ0) is 15.0. The number of aryl methyl sites for hydroxylation is 2. The minimum atomic E-state index is -3.52. The van der Waals surface area contributed by atoms with E-state index in [2.05, 4.69) is 5.32 Å². The number of hydrogen-bond donors (Lipinski definition) is 1. The Hall–Kier alpha value is -2.01. The number of nitrogens with zero attached hydrogens (tertiary/aromatic N) is 1. The van der Waals surface area contributed by atoms with E-state index in [1.54, 1.807) is 12.1 Å². The van der Waals surface area contributed by atoms with Gasteiger partial charge in [0.2, 0.25) is 0 Å². The predicted molar refractivity (Wildman–Crippen MR) is 85.4 cm³/mol. The number of hydrogen-bond acceptors (Lipinski definition) is 3. The molecule has 0 saturated carbocycles. The molecule has 3 rings (SSSR count). The van der Waals surface area contributed by atoms with Gasteiger partial charge in [-0.25, -0.2) is 8.42 Å². The van der Waals surface area contributed by atoms with Crippen molar-refractivity contribution >= 4 is 21.4 Å². The molecule has 2 aromatic rings. The van der Waals surface area contributed by atoms with E-state index in [0.29, 0.717) is 23.7 Å². The van der Waals surface area contributed by atoms with Crippen LogP contribution in [0.2, 0.25) is 0 Å². The van der Waals surface area contributed by atoms with Crippen LogP contribution in [0, 0.1) is 13.8 Å². The third-order valence-electron chi connectivity index (χ3n) is 3.87. The van der Waals surface area contributed by atoms with Gasteiger partial charge in [-0.2, -0.15) is 0 Å². The van der Waals surface area contributed by atoms with Gasteiger partial charge < -0.3 is 5.32 Å². The van der Waals surface area contributed by atoms with Crippen molar-refractivity contribution in [2.45, 2.75) is 18.7 Å². The highest BCUT2D eigenvalue weighted by atomic mass is 32.2. The number of para-hydroxylation sites is 2. The topological polar surface area (TPSA) is 49.4 Å². The summed E-state index contributed by atoms with van der Waals surface area (Å²) >= 11 is 0. The molecular formula is C16H18N2O2S. The van der Waals surface area contributed by atoms with Crippen LogP contribution in [-0.4, -0.2) is 21.5 Å². The quantitative estimate of drug-likeness (QED) is 0.928. The maximum absolute atomic E-state index is 12.9. The second-order valence-corrected chi connectivity index (χ2v) is 7.13. The van der Waals surface area contributed by atoms with Gasteiger partial charge in [-0.1, -0.05) is 18.2 Å². The van der Waals surface area contributed by atoms with Gasteiger partial charge in [-0.15, -0.1) is 0 Å². The van der Waals surface area contributed by atoms with Crippen molar-refractivity contribution in [3.8, 4) is 0 Å². The van der Waals surface area contributed by atoms with E-state index < -0.39 is 10.0 Å². The summed E-state index contributed by atoms with van der Waals surface area (Å²) in [6, 6.07) is 12.8. The van der Waals surface area contributed by atoms with Crippen LogP contribution in [0.1, 0.15) is 11.1 Å². The highest BCUT2D eigenvalue weighted by Gasteiger charge is 2.28. The minimum Gasteiger partial charge on any atom is -0.382 e. The Labute approximate surface area is 125 Å². The smallest absolute Gasteiger partial charge is 0.264 e. The van der Waals surface area contributed by atoms with Gasteiger partial charge in [-0.05, 0) is 49.2 Å². The largest absolute Gasteiger partial charge is 0.382 e. The first-order valence-corrected chi connectivity index (χ1v) is 8.37. The Morgan fingerprint density at radius 1 is 1.05 bits per heavy atom. The lowest BCUT2D eigenvalue weighted by molar-refractivity contribution is 0.590. The van der Waals surface area contributed by atoms with Crippen molar-refractivity contribution in [3.05, 3.63) is 53.6 Å². The van der Waals surface area contributed by atoms with Crippen LogP contribution < -0.4 is 9.62 Å². The third kappa shape index (κ3) is 2.38. The molecule has 1 N–H and O–H groups in total. The van der Waals surface area contributed by atoms with Crippen LogP contribution in [0.3, 0.4) is 0 Å². The molecule has 1 aliphatic heterocycles. The maximum atomic E-state index is 12.9. The summed E-state index contributed by atoms with van der Waals surface area (Å²) < 4.78 is 27.3. The fraction of sp³-hybridized carbons (Fsp3) is 0.250. The summed E-state index contributed by atoms with van der Waals surface area (Å²) in [5.74, 6) is 0. The number of fused-ring (bicyclic) bond motifs is 1. The van der Waals surface area contributed by atoms with Crippen molar-refractivity contribution in [2.24, 2.45) is 0 Å². The molecule has 0 spiro atoms. The molecule has 2 aromatic carbocycles. The molecule has 0 amide bonds. The fourth-order valence-corrected chi connectivity index (χ4v) is 4.07. The fourth-order valence-electron chi connectivity index (χ4n) is 2.50. The molecule has 21 heavy (non-hydrogen) atoms.